The van der Waals surface area contributed by atoms with E-state index in [9.17, 15) is 0 Å². The normalized spacial score (nSPS) is 13.9. The summed E-state index contributed by atoms with van der Waals surface area (Å²) in [4.78, 5) is 8.45. The summed E-state index contributed by atoms with van der Waals surface area (Å²) in [5, 5.41) is 8.42. The molecule has 0 saturated carbocycles. The van der Waals surface area contributed by atoms with Crippen LogP contribution in [-0.4, -0.2) is 31.3 Å². The second kappa shape index (κ2) is 3.96. The molecule has 2 aromatic heterocycles. The van der Waals surface area contributed by atoms with E-state index < -0.39 is 0 Å². The summed E-state index contributed by atoms with van der Waals surface area (Å²) in [6.07, 6.45) is 3.29. The van der Waals surface area contributed by atoms with Crippen molar-refractivity contribution in [1.82, 2.24) is 19.7 Å². The van der Waals surface area contributed by atoms with Crippen LogP contribution in [0.1, 0.15) is 20.8 Å². The number of nitrogens with one attached hydrogen (secondary N) is 1. The minimum Gasteiger partial charge on any atom is -0.363 e. The predicted octanol–water partition coefficient (Wildman–Crippen LogP) is 0.901. The average Bonchev–Trinajstić information content (AvgIpc) is 2.61. The van der Waals surface area contributed by atoms with Crippen molar-refractivity contribution in [2.45, 2.75) is 32.4 Å². The zero-order chi connectivity index (χ0) is 12.6. The number of aromatic nitrogens is 4. The van der Waals surface area contributed by atoms with E-state index in [2.05, 4.69) is 20.4 Å². The monoisotopic (exact) mass is 234 g/mol. The molecular weight excluding hydrogens is 216 g/mol. The minimum atomic E-state index is -0.239. The van der Waals surface area contributed by atoms with Crippen molar-refractivity contribution in [3.63, 3.8) is 0 Å². The first-order valence-electron chi connectivity index (χ1n) is 5.58. The van der Waals surface area contributed by atoms with Crippen LogP contribution in [0.4, 0.5) is 5.82 Å². The highest BCUT2D eigenvalue weighted by Crippen LogP contribution is 2.22. The van der Waals surface area contributed by atoms with Gasteiger partial charge in [0.15, 0.2) is 5.65 Å². The van der Waals surface area contributed by atoms with Crippen molar-refractivity contribution in [2.24, 2.45) is 12.8 Å². The molecule has 0 aromatic carbocycles. The van der Waals surface area contributed by atoms with Gasteiger partial charge in [-0.3, -0.25) is 4.68 Å². The lowest BCUT2D eigenvalue weighted by Crippen LogP contribution is -2.47. The summed E-state index contributed by atoms with van der Waals surface area (Å²) >= 11 is 0. The maximum Gasteiger partial charge on any atom is 0.163 e. The molecule has 17 heavy (non-hydrogen) atoms. The molecule has 0 saturated heterocycles. The SMILES string of the molecule is CC(N)C(C)(C)Nc1ncnc2c1cnn2C. The fourth-order valence-electron chi connectivity index (χ4n) is 1.48. The molecule has 2 rings (SSSR count). The second-order valence-electron chi connectivity index (χ2n) is 4.86. The standard InChI is InChI=1S/C11H18N6/c1-7(12)11(2,3)16-9-8-5-15-17(4)10(8)14-6-13-9/h5-7H,12H2,1-4H3,(H,13,14,16). The van der Waals surface area contributed by atoms with Crippen LogP contribution in [0.15, 0.2) is 12.5 Å². The van der Waals surface area contributed by atoms with Gasteiger partial charge in [0.2, 0.25) is 0 Å². The third-order valence-electron chi connectivity index (χ3n) is 3.11. The minimum absolute atomic E-state index is 0.00388. The zero-order valence-electron chi connectivity index (χ0n) is 10.6. The molecule has 0 spiro atoms. The van der Waals surface area contributed by atoms with Crippen LogP contribution in [-0.2, 0) is 7.05 Å². The Kier molecular flexibility index (Phi) is 2.74. The molecule has 0 amide bonds. The molecule has 0 bridgehead atoms. The third kappa shape index (κ3) is 2.08. The van der Waals surface area contributed by atoms with E-state index in [0.29, 0.717) is 0 Å². The molecule has 2 heterocycles. The summed E-state index contributed by atoms with van der Waals surface area (Å²) < 4.78 is 1.72. The molecule has 0 aliphatic heterocycles. The van der Waals surface area contributed by atoms with Crippen LogP contribution in [0.25, 0.3) is 11.0 Å². The smallest absolute Gasteiger partial charge is 0.163 e. The quantitative estimate of drug-likeness (QED) is 0.824. The number of nitrogens with two attached hydrogens (primary N) is 1. The summed E-state index contributed by atoms with van der Waals surface area (Å²) in [5.74, 6) is 0.769. The fraction of sp³-hybridized carbons (Fsp3) is 0.545. The Balaban J connectivity index is 2.43. The van der Waals surface area contributed by atoms with Crippen LogP contribution < -0.4 is 11.1 Å². The molecule has 6 heteroatoms. The molecule has 3 N–H and O–H groups in total. The molecular formula is C11H18N6. The number of aryl methyl sites for hydroxylation is 1. The lowest BCUT2D eigenvalue weighted by Gasteiger charge is -2.30. The molecule has 6 nitrogen and oxygen atoms in total. The largest absolute Gasteiger partial charge is 0.363 e. The van der Waals surface area contributed by atoms with Crippen molar-refractivity contribution in [3.8, 4) is 0 Å². The lowest BCUT2D eigenvalue weighted by molar-refractivity contribution is 0.469. The van der Waals surface area contributed by atoms with Crippen LogP contribution >= 0.6 is 0 Å². The molecule has 92 valence electrons. The van der Waals surface area contributed by atoms with Crippen LogP contribution in [0, 0.1) is 0 Å². The first-order valence-corrected chi connectivity index (χ1v) is 5.58. The van der Waals surface area contributed by atoms with E-state index >= 15 is 0 Å². The fourth-order valence-corrected chi connectivity index (χ4v) is 1.48. The van der Waals surface area contributed by atoms with Gasteiger partial charge in [-0.25, -0.2) is 9.97 Å². The molecule has 0 aliphatic carbocycles. The van der Waals surface area contributed by atoms with Gasteiger partial charge in [-0.2, -0.15) is 5.10 Å². The molecule has 1 atom stereocenters. The van der Waals surface area contributed by atoms with Gasteiger partial charge in [-0.1, -0.05) is 0 Å². The Morgan fingerprint density at radius 2 is 2.12 bits per heavy atom. The van der Waals surface area contributed by atoms with Crippen LogP contribution in [0.2, 0.25) is 0 Å². The van der Waals surface area contributed by atoms with E-state index in [4.69, 9.17) is 5.73 Å². The van der Waals surface area contributed by atoms with E-state index in [1.807, 2.05) is 27.8 Å². The van der Waals surface area contributed by atoms with Crippen molar-refractivity contribution < 1.29 is 0 Å². The van der Waals surface area contributed by atoms with Gasteiger partial charge in [0.1, 0.15) is 12.1 Å². The third-order valence-corrected chi connectivity index (χ3v) is 3.11. The van der Waals surface area contributed by atoms with Crippen LogP contribution in [0.3, 0.4) is 0 Å². The molecule has 0 fully saturated rings. The molecule has 0 radical (unpaired) electrons. The van der Waals surface area contributed by atoms with E-state index in [1.54, 1.807) is 10.9 Å². The van der Waals surface area contributed by atoms with E-state index in [1.165, 1.54) is 6.33 Å². The summed E-state index contributed by atoms with van der Waals surface area (Å²) in [6, 6.07) is 0.00388. The summed E-state index contributed by atoms with van der Waals surface area (Å²) in [7, 11) is 1.86. The van der Waals surface area contributed by atoms with Crippen molar-refractivity contribution >= 4 is 16.9 Å². The topological polar surface area (TPSA) is 81.7 Å². The molecule has 1 unspecified atom stereocenters. The average molecular weight is 234 g/mol. The Bertz CT molecular complexity index is 528. The summed E-state index contributed by atoms with van der Waals surface area (Å²) in [5.41, 5.74) is 6.51. The number of nitrogens with zero attached hydrogens (tertiary/aromatic N) is 4. The van der Waals surface area contributed by atoms with Crippen molar-refractivity contribution in [3.05, 3.63) is 12.5 Å². The van der Waals surface area contributed by atoms with Gasteiger partial charge in [-0.15, -0.1) is 0 Å². The Hall–Kier alpha value is -1.69. The van der Waals surface area contributed by atoms with E-state index in [0.717, 1.165) is 16.9 Å². The number of anilines is 1. The van der Waals surface area contributed by atoms with Gasteiger partial charge < -0.3 is 11.1 Å². The lowest BCUT2D eigenvalue weighted by atomic mass is 9.97. The highest BCUT2D eigenvalue weighted by atomic mass is 15.3. The predicted molar refractivity (Wildman–Crippen MR) is 67.7 cm³/mol. The number of fused-ring (bicyclic) bond motifs is 1. The van der Waals surface area contributed by atoms with Gasteiger partial charge in [0.05, 0.1) is 11.6 Å². The first kappa shape index (κ1) is 11.8. The Labute approximate surface area is 100 Å². The highest BCUT2D eigenvalue weighted by molar-refractivity contribution is 5.86. The Morgan fingerprint density at radius 3 is 2.76 bits per heavy atom. The summed E-state index contributed by atoms with van der Waals surface area (Å²) in [6.45, 7) is 6.05. The molecule has 0 aliphatic rings. The number of rotatable bonds is 3. The first-order chi connectivity index (χ1) is 7.92. The maximum atomic E-state index is 5.94. The Morgan fingerprint density at radius 1 is 1.41 bits per heavy atom. The number of hydrogen-bond acceptors (Lipinski definition) is 5. The van der Waals surface area contributed by atoms with Crippen molar-refractivity contribution in [2.75, 3.05) is 5.32 Å². The van der Waals surface area contributed by atoms with E-state index in [-0.39, 0.29) is 11.6 Å². The van der Waals surface area contributed by atoms with Gasteiger partial charge in [0.25, 0.3) is 0 Å². The number of hydrogen-bond donors (Lipinski definition) is 2. The maximum absolute atomic E-state index is 5.94. The molecule has 2 aromatic rings. The van der Waals surface area contributed by atoms with Crippen LogP contribution in [0.5, 0.6) is 0 Å². The van der Waals surface area contributed by atoms with Gasteiger partial charge >= 0.3 is 0 Å². The highest BCUT2D eigenvalue weighted by Gasteiger charge is 2.24. The zero-order valence-corrected chi connectivity index (χ0v) is 10.6. The second-order valence-corrected chi connectivity index (χ2v) is 4.86. The van der Waals surface area contributed by atoms with Crippen molar-refractivity contribution in [1.29, 1.82) is 0 Å². The van der Waals surface area contributed by atoms with Gasteiger partial charge in [0, 0.05) is 18.6 Å². The van der Waals surface area contributed by atoms with Gasteiger partial charge in [-0.05, 0) is 20.8 Å².